The minimum atomic E-state index is -0.0350. The zero-order valence-corrected chi connectivity index (χ0v) is 15.6. The molecule has 142 valence electrons. The molecule has 29 heavy (non-hydrogen) atoms. The standard InChI is InChI=1S/C23H18N4O2/c28-23(27-14-17(15-27)20-12-6-7-13-24-20)19-11-5-4-10-18(19)22-25-21(26-29-22)16-8-2-1-3-9-16/h1-13,17H,14-15H2. The second-order valence-corrected chi connectivity index (χ2v) is 7.00. The first-order chi connectivity index (χ1) is 14.3. The van der Waals surface area contributed by atoms with Gasteiger partial charge in [-0.2, -0.15) is 4.98 Å². The maximum absolute atomic E-state index is 13.1. The number of amides is 1. The highest BCUT2D eigenvalue weighted by Gasteiger charge is 2.34. The molecule has 1 aliphatic heterocycles. The minimum Gasteiger partial charge on any atom is -0.337 e. The Hall–Kier alpha value is -3.80. The van der Waals surface area contributed by atoms with Crippen LogP contribution in [0.4, 0.5) is 0 Å². The highest BCUT2D eigenvalue weighted by Crippen LogP contribution is 2.30. The van der Waals surface area contributed by atoms with Crippen LogP contribution in [0.1, 0.15) is 22.0 Å². The molecule has 6 nitrogen and oxygen atoms in total. The summed E-state index contributed by atoms with van der Waals surface area (Å²) in [6, 6.07) is 22.9. The molecule has 0 radical (unpaired) electrons. The molecule has 0 unspecified atom stereocenters. The van der Waals surface area contributed by atoms with Crippen LogP contribution in [0, 0.1) is 0 Å². The number of hydrogen-bond donors (Lipinski definition) is 0. The zero-order chi connectivity index (χ0) is 19.6. The van der Waals surface area contributed by atoms with Crippen LogP contribution in [0.25, 0.3) is 22.8 Å². The third-order valence-electron chi connectivity index (χ3n) is 5.12. The van der Waals surface area contributed by atoms with Gasteiger partial charge in [-0.05, 0) is 24.3 Å². The average Bonchev–Trinajstić information content (AvgIpc) is 3.24. The van der Waals surface area contributed by atoms with Gasteiger partial charge in [0.15, 0.2) is 0 Å². The molecule has 3 heterocycles. The molecule has 1 saturated heterocycles. The Morgan fingerprint density at radius 3 is 2.48 bits per heavy atom. The number of hydrogen-bond acceptors (Lipinski definition) is 5. The van der Waals surface area contributed by atoms with Crippen molar-refractivity contribution >= 4 is 5.91 Å². The topological polar surface area (TPSA) is 72.1 Å². The lowest BCUT2D eigenvalue weighted by molar-refractivity contribution is 0.0599. The van der Waals surface area contributed by atoms with Crippen molar-refractivity contribution in [3.05, 3.63) is 90.3 Å². The van der Waals surface area contributed by atoms with E-state index in [0.717, 1.165) is 11.3 Å². The van der Waals surface area contributed by atoms with Crippen LogP contribution in [0.3, 0.4) is 0 Å². The summed E-state index contributed by atoms with van der Waals surface area (Å²) in [4.78, 5) is 23.8. The lowest BCUT2D eigenvalue weighted by Gasteiger charge is -2.39. The van der Waals surface area contributed by atoms with E-state index in [2.05, 4.69) is 15.1 Å². The maximum atomic E-state index is 13.1. The molecule has 1 amide bonds. The van der Waals surface area contributed by atoms with Crippen LogP contribution in [-0.4, -0.2) is 39.0 Å². The number of pyridine rings is 1. The number of benzene rings is 2. The third kappa shape index (κ3) is 3.29. The maximum Gasteiger partial charge on any atom is 0.259 e. The molecule has 0 atom stereocenters. The van der Waals surface area contributed by atoms with Crippen molar-refractivity contribution in [2.24, 2.45) is 0 Å². The summed E-state index contributed by atoms with van der Waals surface area (Å²) in [6.07, 6.45) is 1.79. The van der Waals surface area contributed by atoms with Crippen molar-refractivity contribution < 1.29 is 9.32 Å². The molecule has 1 aliphatic rings. The fourth-order valence-corrected chi connectivity index (χ4v) is 3.51. The predicted octanol–water partition coefficient (Wildman–Crippen LogP) is 4.04. The van der Waals surface area contributed by atoms with E-state index in [0.29, 0.717) is 35.9 Å². The molecule has 2 aromatic heterocycles. The van der Waals surface area contributed by atoms with Gasteiger partial charge in [-0.15, -0.1) is 0 Å². The van der Waals surface area contributed by atoms with Crippen LogP contribution >= 0.6 is 0 Å². The van der Waals surface area contributed by atoms with E-state index in [-0.39, 0.29) is 11.8 Å². The summed E-state index contributed by atoms with van der Waals surface area (Å²) in [5.41, 5.74) is 3.10. The molecular formula is C23H18N4O2. The van der Waals surface area contributed by atoms with E-state index >= 15 is 0 Å². The van der Waals surface area contributed by atoms with Crippen LogP contribution in [0.5, 0.6) is 0 Å². The van der Waals surface area contributed by atoms with Gasteiger partial charge in [0, 0.05) is 36.5 Å². The highest BCUT2D eigenvalue weighted by atomic mass is 16.5. The molecule has 0 spiro atoms. The van der Waals surface area contributed by atoms with E-state index in [1.165, 1.54) is 0 Å². The van der Waals surface area contributed by atoms with Gasteiger partial charge in [0.25, 0.3) is 11.8 Å². The van der Waals surface area contributed by atoms with Gasteiger partial charge in [-0.1, -0.05) is 53.7 Å². The third-order valence-corrected chi connectivity index (χ3v) is 5.12. The van der Waals surface area contributed by atoms with Crippen molar-refractivity contribution in [1.82, 2.24) is 20.0 Å². The van der Waals surface area contributed by atoms with E-state index in [4.69, 9.17) is 4.52 Å². The first kappa shape index (κ1) is 17.3. The van der Waals surface area contributed by atoms with E-state index in [9.17, 15) is 4.79 Å². The van der Waals surface area contributed by atoms with Gasteiger partial charge in [0.1, 0.15) is 0 Å². The van der Waals surface area contributed by atoms with Crippen molar-refractivity contribution in [2.45, 2.75) is 5.92 Å². The largest absolute Gasteiger partial charge is 0.337 e. The van der Waals surface area contributed by atoms with Gasteiger partial charge in [-0.25, -0.2) is 0 Å². The van der Waals surface area contributed by atoms with Crippen LogP contribution in [0.2, 0.25) is 0 Å². The summed E-state index contributed by atoms with van der Waals surface area (Å²) >= 11 is 0. The zero-order valence-electron chi connectivity index (χ0n) is 15.6. The molecular weight excluding hydrogens is 364 g/mol. The Morgan fingerprint density at radius 2 is 1.69 bits per heavy atom. The first-order valence-electron chi connectivity index (χ1n) is 9.48. The number of carbonyl (C=O) groups is 1. The normalized spacial score (nSPS) is 13.9. The fraction of sp³-hybridized carbons (Fsp3) is 0.130. The second kappa shape index (κ2) is 7.31. The van der Waals surface area contributed by atoms with Crippen LogP contribution in [-0.2, 0) is 0 Å². The van der Waals surface area contributed by atoms with E-state index in [1.54, 1.807) is 12.3 Å². The fourth-order valence-electron chi connectivity index (χ4n) is 3.51. The predicted molar refractivity (Wildman–Crippen MR) is 108 cm³/mol. The molecule has 2 aromatic carbocycles. The molecule has 0 saturated carbocycles. The van der Waals surface area contributed by atoms with Gasteiger partial charge in [0.05, 0.1) is 11.1 Å². The summed E-state index contributed by atoms with van der Waals surface area (Å²) in [5, 5.41) is 4.07. The van der Waals surface area contributed by atoms with Crippen LogP contribution < -0.4 is 0 Å². The number of aromatic nitrogens is 3. The molecule has 6 heteroatoms. The highest BCUT2D eigenvalue weighted by molar-refractivity contribution is 6.00. The second-order valence-electron chi connectivity index (χ2n) is 7.00. The monoisotopic (exact) mass is 382 g/mol. The quantitative estimate of drug-likeness (QED) is 0.533. The number of rotatable bonds is 4. The lowest BCUT2D eigenvalue weighted by atomic mass is 9.94. The summed E-state index contributed by atoms with van der Waals surface area (Å²) in [6.45, 7) is 1.31. The van der Waals surface area contributed by atoms with Crippen LogP contribution in [0.15, 0.2) is 83.5 Å². The van der Waals surface area contributed by atoms with Gasteiger partial charge in [0.2, 0.25) is 5.82 Å². The number of carbonyl (C=O) groups excluding carboxylic acids is 1. The Balaban J connectivity index is 1.38. The molecule has 5 rings (SSSR count). The Bertz CT molecular complexity index is 1140. The Morgan fingerprint density at radius 1 is 0.931 bits per heavy atom. The molecule has 0 N–H and O–H groups in total. The smallest absolute Gasteiger partial charge is 0.259 e. The molecule has 0 aliphatic carbocycles. The summed E-state index contributed by atoms with van der Waals surface area (Å²) in [7, 11) is 0. The Labute approximate surface area is 167 Å². The molecule has 1 fully saturated rings. The van der Waals surface area contributed by atoms with Gasteiger partial charge < -0.3 is 9.42 Å². The molecule has 4 aromatic rings. The SMILES string of the molecule is O=C(c1ccccc1-c1nc(-c2ccccc2)no1)N1CC(c2ccccn2)C1. The van der Waals surface area contributed by atoms with Crippen molar-refractivity contribution in [3.63, 3.8) is 0 Å². The first-order valence-corrected chi connectivity index (χ1v) is 9.48. The van der Waals surface area contributed by atoms with Crippen molar-refractivity contribution in [1.29, 1.82) is 0 Å². The lowest BCUT2D eigenvalue weighted by Crippen LogP contribution is -2.48. The Kier molecular flexibility index (Phi) is 4.37. The minimum absolute atomic E-state index is 0.0350. The van der Waals surface area contributed by atoms with E-state index in [1.807, 2.05) is 71.6 Å². The number of nitrogens with zero attached hydrogens (tertiary/aromatic N) is 4. The average molecular weight is 382 g/mol. The number of likely N-dealkylation sites (tertiary alicyclic amines) is 1. The molecule has 0 bridgehead atoms. The van der Waals surface area contributed by atoms with Crippen molar-refractivity contribution in [3.8, 4) is 22.8 Å². The summed E-state index contributed by atoms with van der Waals surface area (Å²) in [5.74, 6) is 1.09. The van der Waals surface area contributed by atoms with Gasteiger partial charge >= 0.3 is 0 Å². The summed E-state index contributed by atoms with van der Waals surface area (Å²) < 4.78 is 5.48. The van der Waals surface area contributed by atoms with Crippen molar-refractivity contribution in [2.75, 3.05) is 13.1 Å². The van der Waals surface area contributed by atoms with E-state index < -0.39 is 0 Å². The van der Waals surface area contributed by atoms with Gasteiger partial charge in [-0.3, -0.25) is 9.78 Å².